The van der Waals surface area contributed by atoms with Crippen LogP contribution in [0.5, 0.6) is 0 Å². The van der Waals surface area contributed by atoms with Gasteiger partial charge in [-0.15, -0.1) is 0 Å². The predicted molar refractivity (Wildman–Crippen MR) is 38.2 cm³/mol. The highest BCUT2D eigenvalue weighted by Gasteiger charge is 1.88. The normalized spacial score (nSPS) is 8.40. The van der Waals surface area contributed by atoms with Crippen molar-refractivity contribution in [1.29, 1.82) is 5.26 Å². The summed E-state index contributed by atoms with van der Waals surface area (Å²) in [6, 6.07) is 1.86. The molecule has 1 N–H and O–H groups in total. The largest absolute Gasteiger partial charge is 0.291 e. The molecule has 3 heteroatoms. The van der Waals surface area contributed by atoms with Gasteiger partial charge in [-0.3, -0.25) is 10.3 Å². The van der Waals surface area contributed by atoms with Crippen LogP contribution in [-0.4, -0.2) is 4.98 Å². The Morgan fingerprint density at radius 3 is 3.00 bits per heavy atom. The molecule has 0 saturated heterocycles. The summed E-state index contributed by atoms with van der Waals surface area (Å²) >= 11 is 0. The second-order valence-corrected chi connectivity index (χ2v) is 1.99. The fourth-order valence-electron chi connectivity index (χ4n) is 0.688. The number of hydrogen-bond donors (Lipinski definition) is 1. The number of aromatic nitrogens is 1. The zero-order chi connectivity index (χ0) is 7.40. The van der Waals surface area contributed by atoms with E-state index in [1.807, 2.05) is 19.2 Å². The Balaban J connectivity index is 2.87. The average molecular weight is 133 g/mol. The van der Waals surface area contributed by atoms with Gasteiger partial charge in [0.25, 0.3) is 0 Å². The van der Waals surface area contributed by atoms with E-state index in [1.54, 1.807) is 12.4 Å². The number of nitriles is 1. The Bertz CT molecular complexity index is 262. The quantitative estimate of drug-likeness (QED) is 0.463. The van der Waals surface area contributed by atoms with Crippen LogP contribution < -0.4 is 5.32 Å². The molecule has 0 unspecified atom stereocenters. The van der Waals surface area contributed by atoms with Gasteiger partial charge in [-0.05, 0) is 18.6 Å². The highest BCUT2D eigenvalue weighted by molar-refractivity contribution is 5.45. The van der Waals surface area contributed by atoms with E-state index in [9.17, 15) is 0 Å². The lowest BCUT2D eigenvalue weighted by Crippen LogP contribution is -1.88. The maximum Gasteiger partial charge on any atom is 0.181 e. The number of nitrogens with one attached hydrogen (secondary N) is 1. The van der Waals surface area contributed by atoms with Gasteiger partial charge in [0.2, 0.25) is 0 Å². The van der Waals surface area contributed by atoms with Crippen molar-refractivity contribution in [2.45, 2.75) is 6.92 Å². The van der Waals surface area contributed by atoms with Crippen molar-refractivity contribution >= 4 is 5.69 Å². The third-order valence-electron chi connectivity index (χ3n) is 1.08. The Morgan fingerprint density at radius 1 is 1.60 bits per heavy atom. The first kappa shape index (κ1) is 6.56. The molecule has 0 atom stereocenters. The zero-order valence-electron chi connectivity index (χ0n) is 5.63. The molecule has 0 aliphatic carbocycles. The van der Waals surface area contributed by atoms with E-state index in [0.717, 1.165) is 11.3 Å². The molecule has 1 rings (SSSR count). The summed E-state index contributed by atoms with van der Waals surface area (Å²) in [5.74, 6) is 0. The second-order valence-electron chi connectivity index (χ2n) is 1.99. The maximum atomic E-state index is 8.22. The fourth-order valence-corrected chi connectivity index (χ4v) is 0.688. The number of aryl methyl sites for hydroxylation is 1. The highest BCUT2D eigenvalue weighted by Crippen LogP contribution is 2.05. The zero-order valence-corrected chi connectivity index (χ0v) is 5.63. The number of hydrogen-bond acceptors (Lipinski definition) is 3. The summed E-state index contributed by atoms with van der Waals surface area (Å²) in [7, 11) is 0. The van der Waals surface area contributed by atoms with Crippen LogP contribution in [0.25, 0.3) is 0 Å². The summed E-state index contributed by atoms with van der Waals surface area (Å²) in [6.07, 6.45) is 5.17. The first-order valence-corrected chi connectivity index (χ1v) is 2.89. The van der Waals surface area contributed by atoms with E-state index in [0.29, 0.717) is 0 Å². The molecule has 3 nitrogen and oxygen atoms in total. The third kappa shape index (κ3) is 1.46. The molecule has 0 saturated carbocycles. The minimum atomic E-state index is 0.738. The lowest BCUT2D eigenvalue weighted by Gasteiger charge is -1.95. The molecular weight excluding hydrogens is 126 g/mol. The van der Waals surface area contributed by atoms with Crippen molar-refractivity contribution in [1.82, 2.24) is 4.98 Å². The monoisotopic (exact) mass is 133 g/mol. The Morgan fingerprint density at radius 2 is 2.40 bits per heavy atom. The van der Waals surface area contributed by atoms with Crippen molar-refractivity contribution in [3.8, 4) is 6.19 Å². The van der Waals surface area contributed by atoms with Gasteiger partial charge in [0.15, 0.2) is 6.19 Å². The molecular formula is C7H7N3. The smallest absolute Gasteiger partial charge is 0.181 e. The molecule has 1 heterocycles. The van der Waals surface area contributed by atoms with Gasteiger partial charge in [-0.1, -0.05) is 0 Å². The molecule has 0 bridgehead atoms. The minimum Gasteiger partial charge on any atom is -0.291 e. The van der Waals surface area contributed by atoms with Gasteiger partial charge in [0, 0.05) is 6.20 Å². The molecule has 1 aromatic rings. The lowest BCUT2D eigenvalue weighted by atomic mass is 10.3. The van der Waals surface area contributed by atoms with Crippen LogP contribution in [0.2, 0.25) is 0 Å². The fraction of sp³-hybridized carbons (Fsp3) is 0.143. The number of pyridine rings is 1. The maximum absolute atomic E-state index is 8.22. The van der Waals surface area contributed by atoms with Gasteiger partial charge in [-0.25, -0.2) is 0 Å². The standard InChI is InChI=1S/C7H7N3/c1-6-2-7(10-5-8)4-9-3-6/h2-4,10H,1H3. The first-order valence-electron chi connectivity index (χ1n) is 2.89. The summed E-state index contributed by atoms with van der Waals surface area (Å²) in [5, 5.41) is 10.7. The minimum absolute atomic E-state index is 0.738. The molecule has 0 fully saturated rings. The summed E-state index contributed by atoms with van der Waals surface area (Å²) in [5.41, 5.74) is 1.78. The van der Waals surface area contributed by atoms with Crippen LogP contribution in [0.1, 0.15) is 5.56 Å². The summed E-state index contributed by atoms with van der Waals surface area (Å²) in [6.45, 7) is 1.93. The molecule has 0 aromatic carbocycles. The Hall–Kier alpha value is -1.56. The summed E-state index contributed by atoms with van der Waals surface area (Å²) < 4.78 is 0. The van der Waals surface area contributed by atoms with Crippen LogP contribution in [0.15, 0.2) is 18.5 Å². The molecule has 0 aliphatic rings. The van der Waals surface area contributed by atoms with Crippen LogP contribution >= 0.6 is 0 Å². The SMILES string of the molecule is Cc1cncc(NC#N)c1. The highest BCUT2D eigenvalue weighted by atomic mass is 14.9. The Labute approximate surface area is 59.3 Å². The van der Waals surface area contributed by atoms with Crippen molar-refractivity contribution in [3.05, 3.63) is 24.0 Å². The molecule has 50 valence electrons. The molecule has 0 spiro atoms. The van der Waals surface area contributed by atoms with Crippen LogP contribution in [0, 0.1) is 18.4 Å². The van der Waals surface area contributed by atoms with Gasteiger partial charge in [-0.2, -0.15) is 5.26 Å². The van der Waals surface area contributed by atoms with E-state index in [-0.39, 0.29) is 0 Å². The van der Waals surface area contributed by atoms with E-state index in [1.165, 1.54) is 0 Å². The van der Waals surface area contributed by atoms with Crippen LogP contribution in [0.3, 0.4) is 0 Å². The molecule has 0 aliphatic heterocycles. The van der Waals surface area contributed by atoms with Crippen molar-refractivity contribution < 1.29 is 0 Å². The lowest BCUT2D eigenvalue weighted by molar-refractivity contribution is 1.26. The van der Waals surface area contributed by atoms with Gasteiger partial charge in [0.05, 0.1) is 11.9 Å². The topological polar surface area (TPSA) is 48.7 Å². The third-order valence-corrected chi connectivity index (χ3v) is 1.08. The second kappa shape index (κ2) is 2.83. The van der Waals surface area contributed by atoms with Crippen molar-refractivity contribution in [3.63, 3.8) is 0 Å². The Kier molecular flexibility index (Phi) is 1.86. The van der Waals surface area contributed by atoms with E-state index < -0.39 is 0 Å². The number of rotatable bonds is 1. The van der Waals surface area contributed by atoms with Crippen molar-refractivity contribution in [2.75, 3.05) is 5.32 Å². The van der Waals surface area contributed by atoms with Crippen LogP contribution in [-0.2, 0) is 0 Å². The molecule has 0 radical (unpaired) electrons. The molecule has 10 heavy (non-hydrogen) atoms. The van der Waals surface area contributed by atoms with Gasteiger partial charge in [0.1, 0.15) is 0 Å². The van der Waals surface area contributed by atoms with Crippen LogP contribution in [0.4, 0.5) is 5.69 Å². The van der Waals surface area contributed by atoms with E-state index in [4.69, 9.17) is 5.26 Å². The number of nitrogens with zero attached hydrogens (tertiary/aromatic N) is 2. The first-order chi connectivity index (χ1) is 4.83. The predicted octanol–water partition coefficient (Wildman–Crippen LogP) is 1.28. The number of anilines is 1. The van der Waals surface area contributed by atoms with Gasteiger partial charge >= 0.3 is 0 Å². The van der Waals surface area contributed by atoms with Gasteiger partial charge < -0.3 is 0 Å². The molecule has 1 aromatic heterocycles. The molecule has 0 amide bonds. The van der Waals surface area contributed by atoms with E-state index >= 15 is 0 Å². The average Bonchev–Trinajstić information content (AvgIpc) is 1.88. The van der Waals surface area contributed by atoms with Crippen molar-refractivity contribution in [2.24, 2.45) is 0 Å². The summed E-state index contributed by atoms with van der Waals surface area (Å²) in [4.78, 5) is 3.89. The van der Waals surface area contributed by atoms with E-state index in [2.05, 4.69) is 10.3 Å².